The summed E-state index contributed by atoms with van der Waals surface area (Å²) >= 11 is 0. The first-order valence-electron chi connectivity index (χ1n) is 9.59. The molecule has 2 N–H and O–H groups in total. The third-order valence-electron chi connectivity index (χ3n) is 4.24. The van der Waals surface area contributed by atoms with E-state index in [4.69, 9.17) is 0 Å². The molecule has 0 aliphatic rings. The number of hydrogen-bond acceptors (Lipinski definition) is 3. The van der Waals surface area contributed by atoms with Crippen molar-refractivity contribution in [1.82, 2.24) is 5.32 Å². The van der Waals surface area contributed by atoms with E-state index < -0.39 is 0 Å². The lowest BCUT2D eigenvalue weighted by atomic mass is 9.92. The average molecular weight is 382 g/mol. The maximum Gasteiger partial charge on any atom is 0.253 e. The van der Waals surface area contributed by atoms with Gasteiger partial charge in [0, 0.05) is 38.4 Å². The molecule has 0 fully saturated rings. The van der Waals surface area contributed by atoms with Gasteiger partial charge in [0.05, 0.1) is 5.56 Å². The van der Waals surface area contributed by atoms with Gasteiger partial charge in [-0.2, -0.15) is 0 Å². The number of carbonyl (C=O) groups is 2. The number of anilines is 2. The normalized spacial score (nSPS) is 11.0. The fourth-order valence-electron chi connectivity index (χ4n) is 2.93. The molecule has 0 spiro atoms. The molecular weight excluding hydrogens is 350 g/mol. The van der Waals surface area contributed by atoms with Crippen LogP contribution in [0.3, 0.4) is 0 Å². The van der Waals surface area contributed by atoms with Crippen LogP contribution in [0.15, 0.2) is 48.5 Å². The quantitative estimate of drug-likeness (QED) is 0.759. The predicted molar refractivity (Wildman–Crippen MR) is 116 cm³/mol. The number of benzene rings is 2. The fraction of sp³-hybridized carbons (Fsp3) is 0.391. The summed E-state index contributed by atoms with van der Waals surface area (Å²) in [5.74, 6) is -0.202. The number of amides is 2. The van der Waals surface area contributed by atoms with Crippen molar-refractivity contribution in [2.24, 2.45) is 5.41 Å². The molecule has 0 bridgehead atoms. The van der Waals surface area contributed by atoms with Crippen molar-refractivity contribution in [3.05, 3.63) is 59.7 Å². The highest BCUT2D eigenvalue weighted by atomic mass is 16.2. The van der Waals surface area contributed by atoms with E-state index in [1.807, 2.05) is 82.2 Å². The summed E-state index contributed by atoms with van der Waals surface area (Å²) in [5.41, 5.74) is 3.08. The second-order valence-corrected chi connectivity index (χ2v) is 8.40. The first kappa shape index (κ1) is 21.5. The Bertz CT molecular complexity index is 808. The van der Waals surface area contributed by atoms with Gasteiger partial charge in [0.2, 0.25) is 5.91 Å². The molecule has 0 saturated heterocycles. The van der Waals surface area contributed by atoms with Gasteiger partial charge in [-0.1, -0.05) is 51.1 Å². The second-order valence-electron chi connectivity index (χ2n) is 8.40. The predicted octanol–water partition coefficient (Wildman–Crippen LogP) is 4.10. The molecule has 5 heteroatoms. The Morgan fingerprint density at radius 1 is 1.00 bits per heavy atom. The van der Waals surface area contributed by atoms with E-state index in [-0.39, 0.29) is 17.2 Å². The van der Waals surface area contributed by atoms with Crippen molar-refractivity contribution in [3.63, 3.8) is 0 Å². The second kappa shape index (κ2) is 9.40. The molecule has 0 atom stereocenters. The molecular formula is C23H31N3O2. The molecule has 0 heterocycles. The van der Waals surface area contributed by atoms with Crippen molar-refractivity contribution in [2.75, 3.05) is 30.9 Å². The Balaban J connectivity index is 2.09. The van der Waals surface area contributed by atoms with Crippen molar-refractivity contribution >= 4 is 23.2 Å². The first-order chi connectivity index (χ1) is 13.2. The summed E-state index contributed by atoms with van der Waals surface area (Å²) in [6.07, 6.45) is 1.19. The molecule has 0 unspecified atom stereocenters. The molecule has 150 valence electrons. The van der Waals surface area contributed by atoms with E-state index in [2.05, 4.69) is 10.6 Å². The van der Waals surface area contributed by atoms with Gasteiger partial charge >= 0.3 is 0 Å². The van der Waals surface area contributed by atoms with E-state index in [1.54, 1.807) is 6.07 Å². The molecule has 5 nitrogen and oxygen atoms in total. The maximum absolute atomic E-state index is 12.8. The molecule has 0 aliphatic heterocycles. The monoisotopic (exact) mass is 381 g/mol. The summed E-state index contributed by atoms with van der Waals surface area (Å²) in [4.78, 5) is 26.9. The van der Waals surface area contributed by atoms with Crippen LogP contribution in [0.25, 0.3) is 0 Å². The number of nitrogens with one attached hydrogen (secondary N) is 2. The lowest BCUT2D eigenvalue weighted by Gasteiger charge is -2.20. The number of hydrogen-bond donors (Lipinski definition) is 2. The topological polar surface area (TPSA) is 61.4 Å². The van der Waals surface area contributed by atoms with Crippen molar-refractivity contribution in [3.8, 4) is 0 Å². The number of rotatable bonds is 7. The van der Waals surface area contributed by atoms with Crippen molar-refractivity contribution in [1.29, 1.82) is 0 Å². The summed E-state index contributed by atoms with van der Waals surface area (Å²) < 4.78 is 0. The highest BCUT2D eigenvalue weighted by Gasteiger charge is 2.18. The van der Waals surface area contributed by atoms with Crippen LogP contribution >= 0.6 is 0 Å². The Hall–Kier alpha value is -2.82. The molecule has 2 aromatic rings. The standard InChI is InChI=1S/C23H31N3O2/c1-23(2,3)16-21(27)25-18-11-12-20(26(4)5)19(15-18)22(28)24-14-13-17-9-7-6-8-10-17/h6-12,15H,13-14,16H2,1-5H3,(H,24,28)(H,25,27). The zero-order valence-electron chi connectivity index (χ0n) is 17.5. The lowest BCUT2D eigenvalue weighted by molar-refractivity contribution is -0.117. The smallest absolute Gasteiger partial charge is 0.253 e. The van der Waals surface area contributed by atoms with Gasteiger partial charge < -0.3 is 15.5 Å². The molecule has 2 amide bonds. The minimum absolute atomic E-state index is 0.0551. The van der Waals surface area contributed by atoms with E-state index in [0.717, 1.165) is 12.1 Å². The summed E-state index contributed by atoms with van der Waals surface area (Å²) in [7, 11) is 3.79. The van der Waals surface area contributed by atoms with Crippen LogP contribution in [0.4, 0.5) is 11.4 Å². The highest BCUT2D eigenvalue weighted by molar-refractivity contribution is 6.02. The molecule has 2 aromatic carbocycles. The minimum Gasteiger partial charge on any atom is -0.377 e. The molecule has 0 aromatic heterocycles. The summed E-state index contributed by atoms with van der Waals surface area (Å²) in [5, 5.41) is 5.89. The molecule has 0 saturated carbocycles. The molecule has 0 radical (unpaired) electrons. The van der Waals surface area contributed by atoms with Crippen molar-refractivity contribution in [2.45, 2.75) is 33.6 Å². The van der Waals surface area contributed by atoms with E-state index in [1.165, 1.54) is 5.56 Å². The SMILES string of the molecule is CN(C)c1ccc(NC(=O)CC(C)(C)C)cc1C(=O)NCCc1ccccc1. The van der Waals surface area contributed by atoms with Gasteiger partial charge in [-0.3, -0.25) is 9.59 Å². The molecule has 2 rings (SSSR count). The number of nitrogens with zero attached hydrogens (tertiary/aromatic N) is 1. The number of carbonyl (C=O) groups excluding carboxylic acids is 2. The Kier molecular flexibility index (Phi) is 7.21. The van der Waals surface area contributed by atoms with Crippen LogP contribution in [-0.4, -0.2) is 32.5 Å². The van der Waals surface area contributed by atoms with E-state index in [9.17, 15) is 9.59 Å². The van der Waals surface area contributed by atoms with Crippen LogP contribution in [-0.2, 0) is 11.2 Å². The van der Waals surface area contributed by atoms with Crippen LogP contribution < -0.4 is 15.5 Å². The zero-order chi connectivity index (χ0) is 20.7. The minimum atomic E-state index is -0.147. The molecule has 28 heavy (non-hydrogen) atoms. The molecule has 0 aliphatic carbocycles. The average Bonchev–Trinajstić information content (AvgIpc) is 2.60. The van der Waals surface area contributed by atoms with Crippen molar-refractivity contribution < 1.29 is 9.59 Å². The summed E-state index contributed by atoms with van der Waals surface area (Å²) in [6.45, 7) is 6.62. The first-order valence-corrected chi connectivity index (χ1v) is 9.59. The third-order valence-corrected chi connectivity index (χ3v) is 4.24. The maximum atomic E-state index is 12.8. The van der Waals surface area contributed by atoms with Crippen LogP contribution in [0, 0.1) is 5.41 Å². The largest absolute Gasteiger partial charge is 0.377 e. The third kappa shape index (κ3) is 6.72. The fourth-order valence-corrected chi connectivity index (χ4v) is 2.93. The van der Waals surface area contributed by atoms with Crippen LogP contribution in [0.2, 0.25) is 0 Å². The van der Waals surface area contributed by atoms with Gasteiger partial charge in [0.1, 0.15) is 0 Å². The Morgan fingerprint density at radius 3 is 2.29 bits per heavy atom. The van der Waals surface area contributed by atoms with Gasteiger partial charge in [-0.05, 0) is 35.6 Å². The van der Waals surface area contributed by atoms with Gasteiger partial charge in [0.25, 0.3) is 5.91 Å². The summed E-state index contributed by atoms with van der Waals surface area (Å²) in [6, 6.07) is 15.5. The zero-order valence-corrected chi connectivity index (χ0v) is 17.5. The highest BCUT2D eigenvalue weighted by Crippen LogP contribution is 2.24. The van der Waals surface area contributed by atoms with Gasteiger partial charge in [0.15, 0.2) is 0 Å². The van der Waals surface area contributed by atoms with Gasteiger partial charge in [-0.15, -0.1) is 0 Å². The lowest BCUT2D eigenvalue weighted by Crippen LogP contribution is -2.28. The van der Waals surface area contributed by atoms with E-state index >= 15 is 0 Å². The Morgan fingerprint density at radius 2 is 1.68 bits per heavy atom. The van der Waals surface area contributed by atoms with Gasteiger partial charge in [-0.25, -0.2) is 0 Å². The Labute approximate surface area is 168 Å². The van der Waals surface area contributed by atoms with Crippen LogP contribution in [0.1, 0.15) is 43.1 Å². The van der Waals surface area contributed by atoms with Crippen LogP contribution in [0.5, 0.6) is 0 Å². The van der Waals surface area contributed by atoms with E-state index in [0.29, 0.717) is 24.2 Å².